The minimum atomic E-state index is -0.814. The molecule has 1 saturated carbocycles. The number of benzene rings is 1. The molecule has 0 bridgehead atoms. The van der Waals surface area contributed by atoms with E-state index in [4.69, 9.17) is 16.3 Å². The second-order valence-electron chi connectivity index (χ2n) is 9.20. The average Bonchev–Trinajstić information content (AvgIpc) is 2.84. The van der Waals surface area contributed by atoms with E-state index in [9.17, 15) is 19.6 Å². The molecule has 1 aliphatic carbocycles. The van der Waals surface area contributed by atoms with Crippen LogP contribution in [0.25, 0.3) is 0 Å². The van der Waals surface area contributed by atoms with E-state index < -0.39 is 24.1 Å². The first kappa shape index (κ1) is 25.8. The Morgan fingerprint density at radius 3 is 2.65 bits per heavy atom. The first-order valence-electron chi connectivity index (χ1n) is 12.1. The highest BCUT2D eigenvalue weighted by Crippen LogP contribution is 2.27. The number of halogens is 1. The number of nitrogens with one attached hydrogen (secondary N) is 3. The van der Waals surface area contributed by atoms with E-state index in [1.165, 1.54) is 6.42 Å². The molecule has 1 aromatic carbocycles. The molecule has 3 rings (SSSR count). The van der Waals surface area contributed by atoms with Crippen LogP contribution >= 0.6 is 11.6 Å². The van der Waals surface area contributed by atoms with Crippen molar-refractivity contribution in [2.45, 2.75) is 76.5 Å². The summed E-state index contributed by atoms with van der Waals surface area (Å²) >= 11 is 5.98. The van der Waals surface area contributed by atoms with Crippen LogP contribution in [-0.4, -0.2) is 36.5 Å². The molecule has 1 heterocycles. The molecule has 3 atom stereocenters. The third kappa shape index (κ3) is 8.21. The molecule has 0 unspecified atom stereocenters. The number of carbonyl (C=O) groups is 3. The van der Waals surface area contributed by atoms with E-state index >= 15 is 0 Å². The number of piperidine rings is 1. The van der Waals surface area contributed by atoms with Crippen LogP contribution in [0, 0.1) is 23.2 Å². The normalized spacial score (nSPS) is 20.4. The Balaban J connectivity index is 1.59. The SMILES string of the molecule is N#C[C@H](C[C@@H]1CCCNC1=O)NC(=O)[C@H](CC1CCCCC1)NC(=O)OCc1cccc(Cl)c1. The molecule has 1 aromatic rings. The molecule has 0 spiro atoms. The van der Waals surface area contributed by atoms with Crippen molar-refractivity contribution in [3.05, 3.63) is 34.9 Å². The predicted molar refractivity (Wildman–Crippen MR) is 128 cm³/mol. The number of nitriles is 1. The summed E-state index contributed by atoms with van der Waals surface area (Å²) in [4.78, 5) is 37.7. The lowest BCUT2D eigenvalue weighted by Gasteiger charge is -2.28. The highest BCUT2D eigenvalue weighted by Gasteiger charge is 2.30. The van der Waals surface area contributed by atoms with E-state index in [0.29, 0.717) is 30.3 Å². The van der Waals surface area contributed by atoms with Gasteiger partial charge in [0.1, 0.15) is 18.7 Å². The second kappa shape index (κ2) is 13.2. The van der Waals surface area contributed by atoms with E-state index in [-0.39, 0.29) is 24.9 Å². The van der Waals surface area contributed by atoms with Gasteiger partial charge in [0.15, 0.2) is 0 Å². The second-order valence-corrected chi connectivity index (χ2v) is 9.64. The fourth-order valence-electron chi connectivity index (χ4n) is 4.71. The third-order valence-electron chi connectivity index (χ3n) is 6.55. The maximum Gasteiger partial charge on any atom is 0.408 e. The summed E-state index contributed by atoms with van der Waals surface area (Å²) in [6, 6.07) is 7.49. The molecule has 3 amide bonds. The van der Waals surface area contributed by atoms with Crippen LogP contribution in [0.5, 0.6) is 0 Å². The van der Waals surface area contributed by atoms with Crippen molar-refractivity contribution in [1.29, 1.82) is 5.26 Å². The maximum absolute atomic E-state index is 13.1. The lowest BCUT2D eigenvalue weighted by molar-refractivity contribution is -0.128. The molecule has 0 radical (unpaired) electrons. The van der Waals surface area contributed by atoms with Crippen molar-refractivity contribution in [3.8, 4) is 6.07 Å². The van der Waals surface area contributed by atoms with Gasteiger partial charge in [-0.15, -0.1) is 0 Å². The maximum atomic E-state index is 13.1. The van der Waals surface area contributed by atoms with Gasteiger partial charge >= 0.3 is 6.09 Å². The van der Waals surface area contributed by atoms with Gasteiger partial charge in [0.2, 0.25) is 11.8 Å². The Hall–Kier alpha value is -2.79. The van der Waals surface area contributed by atoms with E-state index in [1.807, 2.05) is 0 Å². The highest BCUT2D eigenvalue weighted by atomic mass is 35.5. The monoisotopic (exact) mass is 488 g/mol. The van der Waals surface area contributed by atoms with Crippen LogP contribution in [0.15, 0.2) is 24.3 Å². The predicted octanol–water partition coefficient (Wildman–Crippen LogP) is 3.83. The first-order chi connectivity index (χ1) is 16.4. The molecule has 1 aliphatic heterocycles. The molecule has 34 heavy (non-hydrogen) atoms. The highest BCUT2D eigenvalue weighted by molar-refractivity contribution is 6.30. The van der Waals surface area contributed by atoms with Crippen LogP contribution in [0.3, 0.4) is 0 Å². The minimum Gasteiger partial charge on any atom is -0.445 e. The summed E-state index contributed by atoms with van der Waals surface area (Å²) in [5, 5.41) is 18.4. The van der Waals surface area contributed by atoms with Crippen LogP contribution in [-0.2, 0) is 20.9 Å². The molecule has 9 heteroatoms. The van der Waals surface area contributed by atoms with Crippen molar-refractivity contribution in [2.24, 2.45) is 11.8 Å². The Kier molecular flexibility index (Phi) is 10.0. The van der Waals surface area contributed by atoms with Gasteiger partial charge in [-0.25, -0.2) is 4.79 Å². The largest absolute Gasteiger partial charge is 0.445 e. The lowest BCUT2D eigenvalue weighted by atomic mass is 9.84. The van der Waals surface area contributed by atoms with Gasteiger partial charge in [0.05, 0.1) is 6.07 Å². The first-order valence-corrected chi connectivity index (χ1v) is 12.5. The van der Waals surface area contributed by atoms with Gasteiger partial charge in [-0.1, -0.05) is 55.8 Å². The number of alkyl carbamates (subject to hydrolysis) is 1. The topological polar surface area (TPSA) is 120 Å². The zero-order valence-corrected chi connectivity index (χ0v) is 20.1. The molecule has 184 valence electrons. The van der Waals surface area contributed by atoms with Crippen LogP contribution in [0.1, 0.15) is 63.4 Å². The van der Waals surface area contributed by atoms with Crippen molar-refractivity contribution >= 4 is 29.5 Å². The van der Waals surface area contributed by atoms with Gasteiger partial charge in [0, 0.05) is 17.5 Å². The fourth-order valence-corrected chi connectivity index (χ4v) is 4.92. The standard InChI is InChI=1S/C25H33ClN4O4/c26-20-10-4-8-18(12-20)16-34-25(33)30-22(13-17-6-2-1-3-7-17)24(32)29-21(15-27)14-19-9-5-11-28-23(19)31/h4,8,10,12,17,19,21-22H,1-3,5-7,9,11,13-14,16H2,(H,28,31)(H,29,32)(H,30,33)/t19-,21-,22-/m0/s1. The molecule has 0 aromatic heterocycles. The zero-order valence-electron chi connectivity index (χ0n) is 19.4. The van der Waals surface area contributed by atoms with Gasteiger partial charge in [-0.05, 0) is 49.3 Å². The van der Waals surface area contributed by atoms with Gasteiger partial charge < -0.3 is 20.7 Å². The number of hydrogen-bond acceptors (Lipinski definition) is 5. The number of nitrogens with zero attached hydrogens (tertiary/aromatic N) is 1. The summed E-state index contributed by atoms with van der Waals surface area (Å²) in [6.45, 7) is 0.672. The van der Waals surface area contributed by atoms with Crippen molar-refractivity contribution in [2.75, 3.05) is 6.54 Å². The zero-order chi connectivity index (χ0) is 24.3. The molecular weight excluding hydrogens is 456 g/mol. The van der Waals surface area contributed by atoms with Crippen LogP contribution in [0.2, 0.25) is 5.02 Å². The number of ether oxygens (including phenoxy) is 1. The van der Waals surface area contributed by atoms with E-state index in [0.717, 1.165) is 37.7 Å². The Bertz CT molecular complexity index is 897. The Morgan fingerprint density at radius 2 is 1.94 bits per heavy atom. The Labute approximate surface area is 205 Å². The summed E-state index contributed by atoms with van der Waals surface area (Å²) in [5.41, 5.74) is 0.742. The number of carbonyl (C=O) groups excluding carboxylic acids is 3. The molecule has 1 saturated heterocycles. The molecular formula is C25H33ClN4O4. The molecule has 8 nitrogen and oxygen atoms in total. The van der Waals surface area contributed by atoms with Gasteiger partial charge in [-0.2, -0.15) is 5.26 Å². The smallest absolute Gasteiger partial charge is 0.408 e. The van der Waals surface area contributed by atoms with Gasteiger partial charge in [0.25, 0.3) is 0 Å². The summed E-state index contributed by atoms with van der Waals surface area (Å²) in [7, 11) is 0. The fraction of sp³-hybridized carbons (Fsp3) is 0.600. The quantitative estimate of drug-likeness (QED) is 0.488. The van der Waals surface area contributed by atoms with Crippen LogP contribution in [0.4, 0.5) is 4.79 Å². The van der Waals surface area contributed by atoms with Crippen LogP contribution < -0.4 is 16.0 Å². The van der Waals surface area contributed by atoms with E-state index in [2.05, 4.69) is 22.0 Å². The minimum absolute atomic E-state index is 0.0295. The van der Waals surface area contributed by atoms with Gasteiger partial charge in [-0.3, -0.25) is 9.59 Å². The molecule has 3 N–H and O–H groups in total. The number of amides is 3. The number of rotatable bonds is 9. The van der Waals surface area contributed by atoms with Crippen molar-refractivity contribution < 1.29 is 19.1 Å². The average molecular weight is 489 g/mol. The molecule has 2 fully saturated rings. The van der Waals surface area contributed by atoms with Crippen molar-refractivity contribution in [1.82, 2.24) is 16.0 Å². The Morgan fingerprint density at radius 1 is 1.15 bits per heavy atom. The third-order valence-corrected chi connectivity index (χ3v) is 6.79. The summed E-state index contributed by atoms with van der Waals surface area (Å²) in [6.07, 6.45) is 7.00. The summed E-state index contributed by atoms with van der Waals surface area (Å²) in [5.74, 6) is -0.483. The molecule has 2 aliphatic rings. The summed E-state index contributed by atoms with van der Waals surface area (Å²) < 4.78 is 5.31. The van der Waals surface area contributed by atoms with Crippen molar-refractivity contribution in [3.63, 3.8) is 0 Å². The lowest BCUT2D eigenvalue weighted by Crippen LogP contribution is -2.51. The van der Waals surface area contributed by atoms with E-state index in [1.54, 1.807) is 24.3 Å². The number of hydrogen-bond donors (Lipinski definition) is 3.